The highest BCUT2D eigenvalue weighted by Crippen LogP contribution is 2.39. The molecule has 0 saturated carbocycles. The number of methoxy groups -OCH3 is 3. The van der Waals surface area contributed by atoms with Crippen LogP contribution in [0.15, 0.2) is 83.4 Å². The van der Waals surface area contributed by atoms with E-state index in [9.17, 15) is 24.0 Å². The van der Waals surface area contributed by atoms with Crippen molar-refractivity contribution in [2.45, 2.75) is 43.4 Å². The third kappa shape index (κ3) is 9.45. The molecule has 3 N–H and O–H groups in total. The van der Waals surface area contributed by atoms with Crippen LogP contribution in [0.3, 0.4) is 0 Å². The van der Waals surface area contributed by atoms with Crippen LogP contribution < -0.4 is 25.4 Å². The summed E-state index contributed by atoms with van der Waals surface area (Å²) in [6.45, 7) is 4.23. The summed E-state index contributed by atoms with van der Waals surface area (Å²) in [6.07, 6.45) is 2.47. The van der Waals surface area contributed by atoms with E-state index >= 15 is 0 Å². The van der Waals surface area contributed by atoms with Crippen LogP contribution in [0.2, 0.25) is 0 Å². The van der Waals surface area contributed by atoms with E-state index in [1.807, 2.05) is 13.0 Å². The lowest BCUT2D eigenvalue weighted by atomic mass is 10.0. The molecule has 53 heavy (non-hydrogen) atoms. The van der Waals surface area contributed by atoms with Crippen LogP contribution in [0.1, 0.15) is 57.0 Å². The van der Waals surface area contributed by atoms with Crippen molar-refractivity contribution in [3.8, 4) is 11.5 Å². The first-order valence-corrected chi connectivity index (χ1v) is 18.4. The smallest absolute Gasteiger partial charge is 0.341 e. The number of esters is 1. The molecule has 14 heteroatoms. The van der Waals surface area contributed by atoms with E-state index in [0.29, 0.717) is 69.7 Å². The number of benzene rings is 3. The number of amides is 4. The van der Waals surface area contributed by atoms with Gasteiger partial charge in [-0.05, 0) is 66.9 Å². The fraction of sp³-hybridized carbons (Fsp3) is 0.256. The molecule has 1 aliphatic heterocycles. The summed E-state index contributed by atoms with van der Waals surface area (Å²) in [6, 6.07) is 20.7. The molecular weight excluding hydrogens is 717 g/mol. The fourth-order valence-electron chi connectivity index (χ4n) is 5.64. The first kappa shape index (κ1) is 38.6. The molecule has 1 atom stereocenters. The normalized spacial score (nSPS) is 12.9. The number of carbonyl (C=O) groups is 5. The van der Waals surface area contributed by atoms with Gasteiger partial charge < -0.3 is 35.1 Å². The van der Waals surface area contributed by atoms with Gasteiger partial charge in [-0.15, -0.1) is 23.1 Å². The van der Waals surface area contributed by atoms with Crippen LogP contribution in [0.5, 0.6) is 11.5 Å². The third-order valence-corrected chi connectivity index (χ3v) is 10.9. The Morgan fingerprint density at radius 1 is 0.943 bits per heavy atom. The van der Waals surface area contributed by atoms with E-state index in [1.165, 1.54) is 57.4 Å². The largest absolute Gasteiger partial charge is 0.497 e. The second-order valence-electron chi connectivity index (χ2n) is 11.9. The minimum atomic E-state index is -0.584. The minimum absolute atomic E-state index is 0.0299. The number of anilines is 2. The number of thiophene rings is 1. The Bertz CT molecular complexity index is 2050. The molecule has 2 heterocycles. The molecule has 0 spiro atoms. The monoisotopic (exact) mass is 756 g/mol. The highest BCUT2D eigenvalue weighted by Gasteiger charge is 2.31. The second kappa shape index (κ2) is 17.8. The molecule has 3 aromatic carbocycles. The molecule has 4 aromatic rings. The predicted molar refractivity (Wildman–Crippen MR) is 206 cm³/mol. The van der Waals surface area contributed by atoms with Crippen LogP contribution in [-0.4, -0.2) is 67.6 Å². The van der Waals surface area contributed by atoms with E-state index in [1.54, 1.807) is 71.6 Å². The average Bonchev–Trinajstić information content (AvgIpc) is 3.53. The summed E-state index contributed by atoms with van der Waals surface area (Å²) in [4.78, 5) is 68.7. The molecule has 0 bridgehead atoms. The Morgan fingerprint density at radius 2 is 1.72 bits per heavy atom. The van der Waals surface area contributed by atoms with Gasteiger partial charge in [-0.25, -0.2) is 4.79 Å². The van der Waals surface area contributed by atoms with E-state index in [2.05, 4.69) is 16.0 Å². The van der Waals surface area contributed by atoms with Crippen molar-refractivity contribution in [2.24, 2.45) is 0 Å². The number of ether oxygens (including phenoxy) is 3. The molecule has 1 aromatic heterocycles. The van der Waals surface area contributed by atoms with E-state index in [-0.39, 0.29) is 17.5 Å². The molecule has 5 rings (SSSR count). The van der Waals surface area contributed by atoms with Crippen LogP contribution in [0.4, 0.5) is 10.7 Å². The van der Waals surface area contributed by atoms with Gasteiger partial charge in [0.2, 0.25) is 11.8 Å². The Morgan fingerprint density at radius 3 is 2.40 bits per heavy atom. The van der Waals surface area contributed by atoms with Gasteiger partial charge in [0.25, 0.3) is 11.8 Å². The van der Waals surface area contributed by atoms with Crippen molar-refractivity contribution in [3.63, 3.8) is 0 Å². The molecule has 0 aliphatic carbocycles. The zero-order chi connectivity index (χ0) is 38.1. The highest BCUT2D eigenvalue weighted by atomic mass is 32.2. The summed E-state index contributed by atoms with van der Waals surface area (Å²) in [5.41, 5.74) is 2.42. The van der Waals surface area contributed by atoms with Crippen molar-refractivity contribution < 1.29 is 38.2 Å². The maximum Gasteiger partial charge on any atom is 0.341 e. The van der Waals surface area contributed by atoms with Crippen LogP contribution in [0.25, 0.3) is 6.08 Å². The fourth-order valence-corrected chi connectivity index (χ4v) is 7.91. The molecule has 4 amide bonds. The van der Waals surface area contributed by atoms with Crippen LogP contribution in [-0.2, 0) is 32.1 Å². The third-order valence-electron chi connectivity index (χ3n) is 8.43. The molecule has 1 unspecified atom stereocenters. The number of hydrogen-bond acceptors (Lipinski definition) is 10. The number of nitrogens with one attached hydrogen (secondary N) is 3. The van der Waals surface area contributed by atoms with Gasteiger partial charge in [-0.1, -0.05) is 31.2 Å². The molecule has 0 radical (unpaired) electrons. The molecule has 0 saturated heterocycles. The Kier molecular flexibility index (Phi) is 12.9. The number of rotatable bonds is 13. The first-order chi connectivity index (χ1) is 25.5. The van der Waals surface area contributed by atoms with Gasteiger partial charge in [-0.3, -0.25) is 19.2 Å². The number of fused-ring (bicyclic) bond motifs is 1. The lowest BCUT2D eigenvalue weighted by molar-refractivity contribution is -0.129. The standard InChI is InChI=1S/C39H40N4O8S2/c1-6-32(37(47)42-38-34(39(48)51-5)29-17-18-43(23(2)44)22-33(29)53-38)52-28-14-10-13-26(20-28)40-36(46)30(41-35(45)24-11-8-7-9-12-24)19-25-15-16-27(49-3)21-31(25)50-4/h7-16,19-21,32H,6,17-18,22H2,1-5H3,(H,40,46)(H,41,45)(H,42,47)/b30-19+. The highest BCUT2D eigenvalue weighted by molar-refractivity contribution is 8.00. The molecule has 1 aliphatic rings. The Labute approximate surface area is 315 Å². The SMILES string of the molecule is CCC(Sc1cccc(NC(=O)/C(=C\c2ccc(OC)cc2OC)NC(=O)c2ccccc2)c1)C(=O)Nc1sc2c(c1C(=O)OC)CCN(C(C)=O)C2. The maximum atomic E-state index is 13.8. The molecule has 0 fully saturated rings. The van der Waals surface area contributed by atoms with E-state index < -0.39 is 23.0 Å². The van der Waals surface area contributed by atoms with Gasteiger partial charge in [0.15, 0.2) is 0 Å². The van der Waals surface area contributed by atoms with Gasteiger partial charge >= 0.3 is 5.97 Å². The molecule has 12 nitrogen and oxygen atoms in total. The summed E-state index contributed by atoms with van der Waals surface area (Å²) < 4.78 is 15.9. The average molecular weight is 757 g/mol. The summed E-state index contributed by atoms with van der Waals surface area (Å²) >= 11 is 2.58. The summed E-state index contributed by atoms with van der Waals surface area (Å²) in [5.74, 6) is -0.968. The lowest BCUT2D eigenvalue weighted by Crippen LogP contribution is -2.34. The van der Waals surface area contributed by atoms with Gasteiger partial charge in [0.05, 0.1) is 38.7 Å². The summed E-state index contributed by atoms with van der Waals surface area (Å²) in [5, 5.41) is 8.39. The Balaban J connectivity index is 1.35. The molecule has 276 valence electrons. The number of thioether (sulfide) groups is 1. The van der Waals surface area contributed by atoms with Crippen molar-refractivity contribution in [2.75, 3.05) is 38.5 Å². The van der Waals surface area contributed by atoms with Crippen molar-refractivity contribution in [3.05, 3.63) is 106 Å². The van der Waals surface area contributed by atoms with Crippen molar-refractivity contribution in [1.29, 1.82) is 0 Å². The zero-order valence-corrected chi connectivity index (χ0v) is 31.6. The quantitative estimate of drug-likeness (QED) is 0.0803. The predicted octanol–water partition coefficient (Wildman–Crippen LogP) is 6.38. The van der Waals surface area contributed by atoms with E-state index in [0.717, 1.165) is 10.4 Å². The van der Waals surface area contributed by atoms with Crippen molar-refractivity contribution >= 4 is 69.5 Å². The maximum absolute atomic E-state index is 13.8. The lowest BCUT2D eigenvalue weighted by Gasteiger charge is -2.25. The van der Waals surface area contributed by atoms with Crippen molar-refractivity contribution in [1.82, 2.24) is 10.2 Å². The minimum Gasteiger partial charge on any atom is -0.497 e. The topological polar surface area (TPSA) is 152 Å². The first-order valence-electron chi connectivity index (χ1n) is 16.7. The van der Waals surface area contributed by atoms with Crippen LogP contribution in [0, 0.1) is 0 Å². The second-order valence-corrected chi connectivity index (χ2v) is 14.2. The van der Waals surface area contributed by atoms with Crippen LogP contribution >= 0.6 is 23.1 Å². The van der Waals surface area contributed by atoms with Gasteiger partial charge in [0.1, 0.15) is 22.2 Å². The zero-order valence-electron chi connectivity index (χ0n) is 29.9. The van der Waals surface area contributed by atoms with Gasteiger partial charge in [0, 0.05) is 46.1 Å². The number of carbonyl (C=O) groups excluding carboxylic acids is 5. The van der Waals surface area contributed by atoms with Gasteiger partial charge in [-0.2, -0.15) is 0 Å². The molecular formula is C39H40N4O8S2. The number of hydrogen-bond donors (Lipinski definition) is 3. The summed E-state index contributed by atoms with van der Waals surface area (Å²) in [7, 11) is 4.33. The van der Waals surface area contributed by atoms with E-state index in [4.69, 9.17) is 14.2 Å². The Hall–Kier alpha value is -5.60. The number of nitrogens with zero attached hydrogens (tertiary/aromatic N) is 1.